The summed E-state index contributed by atoms with van der Waals surface area (Å²) in [4.78, 5) is 0. The molecule has 0 aliphatic heterocycles. The van der Waals surface area contributed by atoms with E-state index in [0.29, 0.717) is 11.6 Å². The highest BCUT2D eigenvalue weighted by Gasteiger charge is 2.23. The van der Waals surface area contributed by atoms with Crippen LogP contribution in [-0.2, 0) is 6.54 Å². The fourth-order valence-corrected chi connectivity index (χ4v) is 2.82. The maximum atomic E-state index is 6.25. The number of methoxy groups -OCH3 is 1. The van der Waals surface area contributed by atoms with Crippen LogP contribution in [0.4, 0.5) is 0 Å². The number of benzene rings is 1. The summed E-state index contributed by atoms with van der Waals surface area (Å²) in [6.07, 6.45) is 1.62. The lowest BCUT2D eigenvalue weighted by Crippen LogP contribution is -2.31. The van der Waals surface area contributed by atoms with Gasteiger partial charge in [-0.3, -0.25) is 10.5 Å². The number of nitrogens with zero attached hydrogens (tertiary/aromatic N) is 2. The molecule has 1 unspecified atom stereocenters. The predicted octanol–water partition coefficient (Wildman–Crippen LogP) is 2.88. The molecule has 5 nitrogen and oxygen atoms in total. The van der Waals surface area contributed by atoms with Crippen molar-refractivity contribution in [2.45, 2.75) is 19.5 Å². The summed E-state index contributed by atoms with van der Waals surface area (Å²) in [6.45, 7) is 2.71. The number of aromatic nitrogens is 2. The standard InChI is InChI=1S/C13H16BrClN4O/c1-3-19-13(11(15)7-17-19)12(18-16)9-6-8(20-2)4-5-10(9)14/h4-7,12,18H,3,16H2,1-2H3. The molecule has 2 rings (SSSR count). The number of halogens is 2. The number of ether oxygens (including phenoxy) is 1. The number of hydrogen-bond acceptors (Lipinski definition) is 4. The Hall–Kier alpha value is -1.08. The summed E-state index contributed by atoms with van der Waals surface area (Å²) in [5.41, 5.74) is 4.56. The maximum absolute atomic E-state index is 6.25. The molecule has 0 radical (unpaired) electrons. The zero-order chi connectivity index (χ0) is 14.7. The minimum atomic E-state index is -0.283. The van der Waals surface area contributed by atoms with Gasteiger partial charge in [-0.1, -0.05) is 27.5 Å². The molecule has 0 fully saturated rings. The second-order valence-corrected chi connectivity index (χ2v) is 5.44. The van der Waals surface area contributed by atoms with Crippen molar-refractivity contribution in [3.05, 3.63) is 45.1 Å². The fraction of sp³-hybridized carbons (Fsp3) is 0.308. The Balaban J connectivity index is 2.54. The number of nitrogens with one attached hydrogen (secondary N) is 1. The molecular weight excluding hydrogens is 344 g/mol. The quantitative estimate of drug-likeness (QED) is 0.636. The summed E-state index contributed by atoms with van der Waals surface area (Å²) >= 11 is 9.78. The van der Waals surface area contributed by atoms with Crippen LogP contribution < -0.4 is 16.0 Å². The van der Waals surface area contributed by atoms with Crippen molar-refractivity contribution in [3.8, 4) is 5.75 Å². The van der Waals surface area contributed by atoms with Crippen molar-refractivity contribution in [1.82, 2.24) is 15.2 Å². The molecule has 3 N–H and O–H groups in total. The second-order valence-electron chi connectivity index (χ2n) is 4.18. The third-order valence-corrected chi connectivity index (χ3v) is 4.10. The molecule has 0 saturated carbocycles. The zero-order valence-corrected chi connectivity index (χ0v) is 13.6. The molecule has 2 aromatic rings. The lowest BCUT2D eigenvalue weighted by atomic mass is 10.0. The van der Waals surface area contributed by atoms with Gasteiger partial charge in [-0.05, 0) is 30.7 Å². The first-order valence-electron chi connectivity index (χ1n) is 6.13. The molecule has 7 heteroatoms. The van der Waals surface area contributed by atoms with E-state index in [2.05, 4.69) is 26.5 Å². The van der Waals surface area contributed by atoms with Crippen LogP contribution in [0.5, 0.6) is 5.75 Å². The molecular formula is C13H16BrClN4O. The van der Waals surface area contributed by atoms with Crippen LogP contribution in [0, 0.1) is 0 Å². The molecule has 0 saturated heterocycles. The molecule has 0 bridgehead atoms. The van der Waals surface area contributed by atoms with E-state index < -0.39 is 0 Å². The summed E-state index contributed by atoms with van der Waals surface area (Å²) < 4.78 is 8.00. The molecule has 1 heterocycles. The van der Waals surface area contributed by atoms with E-state index in [9.17, 15) is 0 Å². The zero-order valence-electron chi connectivity index (χ0n) is 11.2. The normalized spacial score (nSPS) is 12.4. The number of rotatable bonds is 5. The third-order valence-electron chi connectivity index (χ3n) is 3.09. The molecule has 20 heavy (non-hydrogen) atoms. The van der Waals surface area contributed by atoms with Crippen LogP contribution in [0.3, 0.4) is 0 Å². The van der Waals surface area contributed by atoms with Crippen LogP contribution in [0.15, 0.2) is 28.9 Å². The smallest absolute Gasteiger partial charge is 0.119 e. The first-order valence-corrected chi connectivity index (χ1v) is 7.30. The van der Waals surface area contributed by atoms with E-state index in [-0.39, 0.29) is 6.04 Å². The van der Waals surface area contributed by atoms with Crippen molar-refractivity contribution >= 4 is 27.5 Å². The monoisotopic (exact) mass is 358 g/mol. The lowest BCUT2D eigenvalue weighted by Gasteiger charge is -2.20. The average Bonchev–Trinajstić information content (AvgIpc) is 2.83. The Kier molecular flexibility index (Phi) is 5.04. The van der Waals surface area contributed by atoms with Gasteiger partial charge in [0.1, 0.15) is 5.75 Å². The minimum Gasteiger partial charge on any atom is -0.497 e. The topological polar surface area (TPSA) is 65.1 Å². The Morgan fingerprint density at radius 3 is 2.90 bits per heavy atom. The van der Waals surface area contributed by atoms with Crippen molar-refractivity contribution in [2.75, 3.05) is 7.11 Å². The third kappa shape index (κ3) is 2.83. The fourth-order valence-electron chi connectivity index (χ4n) is 2.10. The molecule has 1 aromatic carbocycles. The van der Waals surface area contributed by atoms with Gasteiger partial charge in [0, 0.05) is 11.0 Å². The summed E-state index contributed by atoms with van der Waals surface area (Å²) in [6, 6.07) is 5.42. The van der Waals surface area contributed by atoms with Gasteiger partial charge in [-0.15, -0.1) is 0 Å². The maximum Gasteiger partial charge on any atom is 0.119 e. The first kappa shape index (κ1) is 15.3. The number of hydrazine groups is 1. The van der Waals surface area contributed by atoms with Crippen molar-refractivity contribution in [2.24, 2.45) is 5.84 Å². The summed E-state index contributed by atoms with van der Waals surface area (Å²) in [5, 5.41) is 4.82. The van der Waals surface area contributed by atoms with E-state index in [1.165, 1.54) is 0 Å². The highest BCUT2D eigenvalue weighted by atomic mass is 79.9. The van der Waals surface area contributed by atoms with Gasteiger partial charge in [0.25, 0.3) is 0 Å². The average molecular weight is 360 g/mol. The van der Waals surface area contributed by atoms with Crippen molar-refractivity contribution in [1.29, 1.82) is 0 Å². The number of hydrogen-bond donors (Lipinski definition) is 2. The van der Waals surface area contributed by atoms with Crippen LogP contribution in [0.2, 0.25) is 5.02 Å². The van der Waals surface area contributed by atoms with E-state index in [0.717, 1.165) is 21.5 Å². The van der Waals surface area contributed by atoms with Crippen LogP contribution in [-0.4, -0.2) is 16.9 Å². The molecule has 0 amide bonds. The van der Waals surface area contributed by atoms with Gasteiger partial charge >= 0.3 is 0 Å². The lowest BCUT2D eigenvalue weighted by molar-refractivity contribution is 0.413. The van der Waals surface area contributed by atoms with E-state index in [4.69, 9.17) is 22.2 Å². The largest absolute Gasteiger partial charge is 0.497 e. The van der Waals surface area contributed by atoms with Crippen molar-refractivity contribution < 1.29 is 4.74 Å². The van der Waals surface area contributed by atoms with Crippen LogP contribution in [0.1, 0.15) is 24.2 Å². The summed E-state index contributed by atoms with van der Waals surface area (Å²) in [7, 11) is 1.63. The Morgan fingerprint density at radius 1 is 1.55 bits per heavy atom. The van der Waals surface area contributed by atoms with Gasteiger partial charge in [0.05, 0.1) is 30.1 Å². The molecule has 108 valence electrons. The first-order chi connectivity index (χ1) is 9.62. The highest BCUT2D eigenvalue weighted by Crippen LogP contribution is 2.34. The van der Waals surface area contributed by atoms with E-state index in [1.807, 2.05) is 29.8 Å². The Morgan fingerprint density at radius 2 is 2.30 bits per heavy atom. The van der Waals surface area contributed by atoms with Crippen molar-refractivity contribution in [3.63, 3.8) is 0 Å². The van der Waals surface area contributed by atoms with Gasteiger partial charge in [-0.25, -0.2) is 5.43 Å². The molecule has 0 aliphatic carbocycles. The number of nitrogens with two attached hydrogens (primary N) is 1. The molecule has 1 atom stereocenters. The van der Waals surface area contributed by atoms with E-state index in [1.54, 1.807) is 13.3 Å². The van der Waals surface area contributed by atoms with Crippen LogP contribution in [0.25, 0.3) is 0 Å². The SMILES string of the molecule is CCn1ncc(Cl)c1C(NN)c1cc(OC)ccc1Br. The number of aryl methyl sites for hydroxylation is 1. The molecule has 0 spiro atoms. The highest BCUT2D eigenvalue weighted by molar-refractivity contribution is 9.10. The Labute approximate surface area is 131 Å². The molecule has 0 aliphatic rings. The van der Waals surface area contributed by atoms with E-state index >= 15 is 0 Å². The van der Waals surface area contributed by atoms with Gasteiger partial charge in [-0.2, -0.15) is 5.10 Å². The minimum absolute atomic E-state index is 0.283. The second kappa shape index (κ2) is 6.58. The van der Waals surface area contributed by atoms with Gasteiger partial charge < -0.3 is 4.74 Å². The summed E-state index contributed by atoms with van der Waals surface area (Å²) in [5.74, 6) is 6.49. The molecule has 1 aromatic heterocycles. The Bertz CT molecular complexity index is 602. The van der Waals surface area contributed by atoms with Gasteiger partial charge in [0.15, 0.2) is 0 Å². The van der Waals surface area contributed by atoms with Crippen LogP contribution >= 0.6 is 27.5 Å². The predicted molar refractivity (Wildman–Crippen MR) is 82.8 cm³/mol. The van der Waals surface area contributed by atoms with Gasteiger partial charge in [0.2, 0.25) is 0 Å².